The minimum absolute atomic E-state index is 0.113. The van der Waals surface area contributed by atoms with Crippen LogP contribution in [0.15, 0.2) is 28.6 Å². The van der Waals surface area contributed by atoms with Gasteiger partial charge in [0.2, 0.25) is 10.0 Å². The molecule has 1 atom stereocenters. The van der Waals surface area contributed by atoms with Gasteiger partial charge in [-0.25, -0.2) is 18.1 Å². The van der Waals surface area contributed by atoms with Crippen molar-refractivity contribution >= 4 is 31.6 Å². The first-order valence-corrected chi connectivity index (χ1v) is 11.0. The summed E-state index contributed by atoms with van der Waals surface area (Å²) in [6.07, 6.45) is 6.59. The second kappa shape index (κ2) is 7.91. The van der Waals surface area contributed by atoms with Gasteiger partial charge in [-0.1, -0.05) is 25.3 Å². The number of thiazole rings is 1. The second-order valence-corrected chi connectivity index (χ2v) is 9.21. The van der Waals surface area contributed by atoms with Gasteiger partial charge < -0.3 is 5.32 Å². The Kier molecular flexibility index (Phi) is 5.86. The highest BCUT2D eigenvalue weighted by molar-refractivity contribution is 7.90. The van der Waals surface area contributed by atoms with Crippen LogP contribution in [0, 0.1) is 5.92 Å². The number of sulfonamides is 1. The third-order valence-corrected chi connectivity index (χ3v) is 7.14. The molecule has 0 bridgehead atoms. The van der Waals surface area contributed by atoms with Gasteiger partial charge >= 0.3 is 0 Å². The van der Waals surface area contributed by atoms with E-state index in [-0.39, 0.29) is 6.04 Å². The molecule has 0 aliphatic heterocycles. The van der Waals surface area contributed by atoms with Crippen molar-refractivity contribution in [1.82, 2.24) is 15.0 Å². The van der Waals surface area contributed by atoms with E-state index in [1.165, 1.54) is 43.4 Å². The molecule has 0 spiro atoms. The zero-order chi connectivity index (χ0) is 17.0. The van der Waals surface area contributed by atoms with Gasteiger partial charge in [0.05, 0.1) is 15.7 Å². The Morgan fingerprint density at radius 1 is 1.29 bits per heavy atom. The van der Waals surface area contributed by atoms with E-state index in [1.807, 2.05) is 13.0 Å². The number of nitrogens with zero attached hydrogens (tertiary/aromatic N) is 1. The molecule has 1 aliphatic carbocycles. The standard InChI is InChI=1S/C17H25N3O2S2/c1-13(18-11-14-6-3-2-4-7-14)10-20-24(21,22)16-9-5-8-15-17(16)23-12-19-15/h5,8-9,12-14,18,20H,2-4,6-7,10-11H2,1H3. The lowest BCUT2D eigenvalue weighted by Gasteiger charge is -2.24. The van der Waals surface area contributed by atoms with Crippen molar-refractivity contribution in [3.63, 3.8) is 0 Å². The molecular formula is C17H25N3O2S2. The third-order valence-electron chi connectivity index (χ3n) is 4.67. The molecular weight excluding hydrogens is 342 g/mol. The highest BCUT2D eigenvalue weighted by Crippen LogP contribution is 2.26. The summed E-state index contributed by atoms with van der Waals surface area (Å²) < 4.78 is 28.6. The van der Waals surface area contributed by atoms with Crippen molar-refractivity contribution in [3.05, 3.63) is 23.7 Å². The van der Waals surface area contributed by atoms with Crippen LogP contribution >= 0.6 is 11.3 Å². The fourth-order valence-corrected chi connectivity index (χ4v) is 5.62. The van der Waals surface area contributed by atoms with E-state index < -0.39 is 10.0 Å². The molecule has 1 saturated carbocycles. The summed E-state index contributed by atoms with van der Waals surface area (Å²) in [7, 11) is -3.51. The molecule has 3 rings (SSSR count). The summed E-state index contributed by atoms with van der Waals surface area (Å²) in [5.41, 5.74) is 2.41. The maximum Gasteiger partial charge on any atom is 0.242 e. The number of fused-ring (bicyclic) bond motifs is 1. The molecule has 1 unspecified atom stereocenters. The highest BCUT2D eigenvalue weighted by atomic mass is 32.2. The predicted octanol–water partition coefficient (Wildman–Crippen LogP) is 3.13. The van der Waals surface area contributed by atoms with E-state index >= 15 is 0 Å². The summed E-state index contributed by atoms with van der Waals surface area (Å²) >= 11 is 1.36. The molecule has 2 aromatic rings. The van der Waals surface area contributed by atoms with Crippen LogP contribution in [0.2, 0.25) is 0 Å². The molecule has 0 radical (unpaired) electrons. The van der Waals surface area contributed by atoms with Crippen LogP contribution in [0.1, 0.15) is 39.0 Å². The van der Waals surface area contributed by atoms with E-state index in [9.17, 15) is 8.42 Å². The maximum absolute atomic E-state index is 12.6. The topological polar surface area (TPSA) is 71.1 Å². The molecule has 1 fully saturated rings. The molecule has 1 aromatic heterocycles. The Hall–Kier alpha value is -1.02. The van der Waals surface area contributed by atoms with Crippen LogP contribution < -0.4 is 10.0 Å². The van der Waals surface area contributed by atoms with E-state index in [0.29, 0.717) is 16.1 Å². The van der Waals surface area contributed by atoms with Crippen molar-refractivity contribution in [2.24, 2.45) is 5.92 Å². The zero-order valence-electron chi connectivity index (χ0n) is 14.0. The molecule has 132 valence electrons. The zero-order valence-corrected chi connectivity index (χ0v) is 15.6. The summed E-state index contributed by atoms with van der Waals surface area (Å²) in [4.78, 5) is 4.50. The number of nitrogens with one attached hydrogen (secondary N) is 2. The lowest BCUT2D eigenvalue weighted by atomic mass is 9.89. The lowest BCUT2D eigenvalue weighted by Crippen LogP contribution is -2.41. The molecule has 2 N–H and O–H groups in total. The normalized spacial score (nSPS) is 18.0. The molecule has 1 heterocycles. The van der Waals surface area contributed by atoms with Gasteiger partial charge in [-0.15, -0.1) is 11.3 Å². The summed E-state index contributed by atoms with van der Waals surface area (Å²) in [5.74, 6) is 0.740. The molecule has 24 heavy (non-hydrogen) atoms. The van der Waals surface area contributed by atoms with Crippen molar-refractivity contribution < 1.29 is 8.42 Å². The number of aromatic nitrogens is 1. The molecule has 0 saturated heterocycles. The Morgan fingerprint density at radius 3 is 2.88 bits per heavy atom. The minimum atomic E-state index is -3.51. The fourth-order valence-electron chi connectivity index (χ4n) is 3.22. The predicted molar refractivity (Wildman–Crippen MR) is 98.8 cm³/mol. The molecule has 5 nitrogen and oxygen atoms in total. The average Bonchev–Trinajstić information content (AvgIpc) is 3.07. The average molecular weight is 368 g/mol. The number of benzene rings is 1. The van der Waals surface area contributed by atoms with Crippen LogP contribution in [0.3, 0.4) is 0 Å². The van der Waals surface area contributed by atoms with Crippen LogP contribution in [0.25, 0.3) is 10.2 Å². The summed E-state index contributed by atoms with van der Waals surface area (Å²) in [6, 6.07) is 5.33. The van der Waals surface area contributed by atoms with Crippen molar-refractivity contribution in [2.75, 3.05) is 13.1 Å². The van der Waals surface area contributed by atoms with E-state index in [2.05, 4.69) is 15.0 Å². The van der Waals surface area contributed by atoms with E-state index in [1.54, 1.807) is 17.6 Å². The van der Waals surface area contributed by atoms with Gasteiger partial charge in [0.15, 0.2) is 0 Å². The fraction of sp³-hybridized carbons (Fsp3) is 0.588. The second-order valence-electron chi connectivity index (χ2n) is 6.62. The molecule has 7 heteroatoms. The van der Waals surface area contributed by atoms with Crippen molar-refractivity contribution in [1.29, 1.82) is 0 Å². The van der Waals surface area contributed by atoms with Crippen molar-refractivity contribution in [3.8, 4) is 0 Å². The molecule has 1 aliphatic rings. The van der Waals surface area contributed by atoms with E-state index in [0.717, 1.165) is 18.0 Å². The first kappa shape index (κ1) is 17.8. The van der Waals surface area contributed by atoms with Gasteiger partial charge in [0.25, 0.3) is 0 Å². The van der Waals surface area contributed by atoms with Crippen LogP contribution in [-0.4, -0.2) is 32.5 Å². The van der Waals surface area contributed by atoms with Gasteiger partial charge in [-0.05, 0) is 44.4 Å². The van der Waals surface area contributed by atoms with Gasteiger partial charge in [0.1, 0.15) is 4.90 Å². The minimum Gasteiger partial charge on any atom is -0.313 e. The smallest absolute Gasteiger partial charge is 0.242 e. The Morgan fingerprint density at radius 2 is 2.08 bits per heavy atom. The van der Waals surface area contributed by atoms with Gasteiger partial charge in [-0.2, -0.15) is 0 Å². The number of hydrogen-bond acceptors (Lipinski definition) is 5. The Bertz CT molecular complexity index is 767. The van der Waals surface area contributed by atoms with Crippen LogP contribution in [0.4, 0.5) is 0 Å². The summed E-state index contributed by atoms with van der Waals surface area (Å²) in [5, 5.41) is 3.47. The Balaban J connectivity index is 1.55. The third kappa shape index (κ3) is 4.33. The highest BCUT2D eigenvalue weighted by Gasteiger charge is 2.20. The number of hydrogen-bond donors (Lipinski definition) is 2. The van der Waals surface area contributed by atoms with Crippen molar-refractivity contribution in [2.45, 2.75) is 50.0 Å². The largest absolute Gasteiger partial charge is 0.313 e. The Labute approximate surface area is 147 Å². The molecule has 0 amide bonds. The SMILES string of the molecule is CC(CNS(=O)(=O)c1cccc2ncsc12)NCC1CCCCC1. The first-order chi connectivity index (χ1) is 11.6. The van der Waals surface area contributed by atoms with E-state index in [4.69, 9.17) is 0 Å². The quantitative estimate of drug-likeness (QED) is 0.789. The van der Waals surface area contributed by atoms with Crippen LogP contribution in [0.5, 0.6) is 0 Å². The summed E-state index contributed by atoms with van der Waals surface area (Å²) in [6.45, 7) is 3.40. The number of rotatable bonds is 7. The monoisotopic (exact) mass is 367 g/mol. The van der Waals surface area contributed by atoms with Gasteiger partial charge in [-0.3, -0.25) is 0 Å². The van der Waals surface area contributed by atoms with Gasteiger partial charge in [0, 0.05) is 12.6 Å². The maximum atomic E-state index is 12.6. The lowest BCUT2D eigenvalue weighted by molar-refractivity contribution is 0.330. The van der Waals surface area contributed by atoms with Crippen LogP contribution in [-0.2, 0) is 10.0 Å². The first-order valence-electron chi connectivity index (χ1n) is 8.61. The molecule has 1 aromatic carbocycles.